The van der Waals surface area contributed by atoms with Crippen LogP contribution in [0.25, 0.3) is 0 Å². The Balaban J connectivity index is 1.31. The number of hydrogen-bond acceptors (Lipinski definition) is 4. The Morgan fingerprint density at radius 3 is 2.67 bits per heavy atom. The highest BCUT2D eigenvalue weighted by Crippen LogP contribution is 2.36. The second-order valence-electron chi connectivity index (χ2n) is 8.48. The highest BCUT2D eigenvalue weighted by atomic mass is 32.2. The predicted octanol–water partition coefficient (Wildman–Crippen LogP) is 4.05. The van der Waals surface area contributed by atoms with E-state index in [0.717, 1.165) is 41.8 Å². The summed E-state index contributed by atoms with van der Waals surface area (Å²) < 4.78 is 2.69. The standard InChI is InChI=1S/C23H27N3O2S2/c1-15(2)17-6-8-19(9-7-17)24-21(27)14-30-23(29)25-11-16-10-18(13-25)20-4-3-5-22(28)26(20)12-16/h3-9,15-16,18H,10-14H2,1-2H3,(H,24,27)/t16-,18+/m0/s1. The summed E-state index contributed by atoms with van der Waals surface area (Å²) in [6, 6.07) is 13.5. The average Bonchev–Trinajstić information content (AvgIpc) is 2.73. The largest absolute Gasteiger partial charge is 0.356 e. The lowest BCUT2D eigenvalue weighted by atomic mass is 9.83. The van der Waals surface area contributed by atoms with E-state index in [0.29, 0.717) is 23.5 Å². The van der Waals surface area contributed by atoms with Crippen molar-refractivity contribution in [1.82, 2.24) is 9.47 Å². The van der Waals surface area contributed by atoms with Crippen LogP contribution in [0.5, 0.6) is 0 Å². The van der Waals surface area contributed by atoms with Crippen molar-refractivity contribution in [3.63, 3.8) is 0 Å². The molecule has 1 aromatic heterocycles. The molecule has 158 valence electrons. The van der Waals surface area contributed by atoms with Crippen molar-refractivity contribution in [3.05, 3.63) is 64.1 Å². The maximum absolute atomic E-state index is 12.4. The number of thiocarbonyl (C=S) groups is 1. The summed E-state index contributed by atoms with van der Waals surface area (Å²) in [5.74, 6) is 1.46. The van der Waals surface area contributed by atoms with Gasteiger partial charge >= 0.3 is 0 Å². The number of thioether (sulfide) groups is 1. The molecule has 2 atom stereocenters. The third kappa shape index (κ3) is 4.62. The minimum absolute atomic E-state index is 0.0475. The van der Waals surface area contributed by atoms with Gasteiger partial charge in [-0.1, -0.05) is 56.0 Å². The number of nitrogens with one attached hydrogen (secondary N) is 1. The molecule has 1 N–H and O–H groups in total. The number of aromatic nitrogens is 1. The van der Waals surface area contributed by atoms with Crippen LogP contribution in [-0.4, -0.2) is 38.5 Å². The molecule has 0 spiro atoms. The molecule has 2 bridgehead atoms. The first-order valence-electron chi connectivity index (χ1n) is 10.4. The van der Waals surface area contributed by atoms with Gasteiger partial charge in [0.15, 0.2) is 0 Å². The molecule has 7 heteroatoms. The summed E-state index contributed by atoms with van der Waals surface area (Å²) in [6.07, 6.45) is 1.10. The summed E-state index contributed by atoms with van der Waals surface area (Å²) in [4.78, 5) is 26.7. The van der Waals surface area contributed by atoms with E-state index in [9.17, 15) is 9.59 Å². The number of carbonyl (C=O) groups is 1. The van der Waals surface area contributed by atoms with Gasteiger partial charge in [0.1, 0.15) is 4.32 Å². The number of nitrogens with zero attached hydrogens (tertiary/aromatic N) is 2. The molecule has 30 heavy (non-hydrogen) atoms. The Morgan fingerprint density at radius 1 is 1.17 bits per heavy atom. The van der Waals surface area contributed by atoms with Crippen LogP contribution in [0.2, 0.25) is 0 Å². The molecule has 0 aliphatic carbocycles. The molecular formula is C23H27N3O2S2. The average molecular weight is 442 g/mol. The van der Waals surface area contributed by atoms with Gasteiger partial charge in [0.25, 0.3) is 5.56 Å². The van der Waals surface area contributed by atoms with Crippen molar-refractivity contribution in [3.8, 4) is 0 Å². The number of amides is 1. The van der Waals surface area contributed by atoms with Gasteiger partial charge in [0, 0.05) is 43.0 Å². The SMILES string of the molecule is CC(C)c1ccc(NC(=O)CSC(=S)N2C[C@@H]3C[C@H](C2)c2cccc(=O)n2C3)cc1. The van der Waals surface area contributed by atoms with Crippen LogP contribution in [0.1, 0.15) is 43.4 Å². The Hall–Kier alpha value is -2.12. The van der Waals surface area contributed by atoms with Gasteiger partial charge in [-0.3, -0.25) is 9.59 Å². The van der Waals surface area contributed by atoms with Gasteiger partial charge in [0.05, 0.1) is 5.75 Å². The quantitative estimate of drug-likeness (QED) is 0.726. The molecule has 4 rings (SSSR count). The lowest BCUT2D eigenvalue weighted by molar-refractivity contribution is -0.113. The van der Waals surface area contributed by atoms with Crippen molar-refractivity contribution >= 4 is 39.9 Å². The summed E-state index contributed by atoms with van der Waals surface area (Å²) in [5, 5.41) is 2.95. The van der Waals surface area contributed by atoms with Crippen molar-refractivity contribution < 1.29 is 4.79 Å². The highest BCUT2D eigenvalue weighted by Gasteiger charge is 2.35. The Labute approximate surface area is 186 Å². The minimum atomic E-state index is -0.0475. The number of pyridine rings is 1. The molecule has 0 saturated carbocycles. The van der Waals surface area contributed by atoms with Gasteiger partial charge in [-0.05, 0) is 42.0 Å². The van der Waals surface area contributed by atoms with Crippen molar-refractivity contribution in [2.45, 2.75) is 38.6 Å². The van der Waals surface area contributed by atoms with Crippen LogP contribution in [0.15, 0.2) is 47.3 Å². The van der Waals surface area contributed by atoms with Gasteiger partial charge in [-0.2, -0.15) is 0 Å². The number of carbonyl (C=O) groups excluding carboxylic acids is 1. The van der Waals surface area contributed by atoms with E-state index in [1.54, 1.807) is 6.07 Å². The minimum Gasteiger partial charge on any atom is -0.356 e. The highest BCUT2D eigenvalue weighted by molar-refractivity contribution is 8.23. The van der Waals surface area contributed by atoms with Gasteiger partial charge in [-0.15, -0.1) is 0 Å². The maximum Gasteiger partial charge on any atom is 0.250 e. The number of piperidine rings is 1. The van der Waals surface area contributed by atoms with Crippen LogP contribution in [-0.2, 0) is 11.3 Å². The second kappa shape index (κ2) is 8.94. The molecular weight excluding hydrogens is 414 g/mol. The molecule has 5 nitrogen and oxygen atoms in total. The van der Waals surface area contributed by atoms with E-state index in [4.69, 9.17) is 12.2 Å². The van der Waals surface area contributed by atoms with Crippen molar-refractivity contribution in [1.29, 1.82) is 0 Å². The zero-order chi connectivity index (χ0) is 21.3. The normalized spacial score (nSPS) is 20.0. The second-order valence-corrected chi connectivity index (χ2v) is 10.1. The number of fused-ring (bicyclic) bond motifs is 4. The summed E-state index contributed by atoms with van der Waals surface area (Å²) in [6.45, 7) is 6.71. The third-order valence-electron chi connectivity index (χ3n) is 5.93. The first-order chi connectivity index (χ1) is 14.4. The van der Waals surface area contributed by atoms with Crippen LogP contribution >= 0.6 is 24.0 Å². The Morgan fingerprint density at radius 2 is 1.93 bits per heavy atom. The van der Waals surface area contributed by atoms with Gasteiger partial charge in [-0.25, -0.2) is 0 Å². The zero-order valence-electron chi connectivity index (χ0n) is 17.3. The zero-order valence-corrected chi connectivity index (χ0v) is 19.0. The van der Waals surface area contributed by atoms with Crippen LogP contribution in [0.3, 0.4) is 0 Å². The van der Waals surface area contributed by atoms with Crippen LogP contribution in [0.4, 0.5) is 5.69 Å². The fourth-order valence-electron chi connectivity index (χ4n) is 4.41. The van der Waals surface area contributed by atoms with Gasteiger partial charge < -0.3 is 14.8 Å². The smallest absolute Gasteiger partial charge is 0.250 e. The van der Waals surface area contributed by atoms with E-state index in [1.807, 2.05) is 34.9 Å². The lowest BCUT2D eigenvalue weighted by Crippen LogP contribution is -2.48. The first-order valence-corrected chi connectivity index (χ1v) is 11.8. The number of rotatable bonds is 4. The molecule has 2 aliphatic rings. The number of anilines is 1. The van der Waals surface area contributed by atoms with Gasteiger partial charge in [0.2, 0.25) is 5.91 Å². The monoisotopic (exact) mass is 441 g/mol. The van der Waals surface area contributed by atoms with E-state index in [1.165, 1.54) is 17.3 Å². The molecule has 2 aromatic rings. The lowest BCUT2D eigenvalue weighted by Gasteiger charge is -2.43. The molecule has 1 aromatic carbocycles. The molecule has 0 unspecified atom stereocenters. The molecule has 1 amide bonds. The summed E-state index contributed by atoms with van der Waals surface area (Å²) in [5.41, 5.74) is 3.26. The molecule has 3 heterocycles. The number of hydrogen-bond donors (Lipinski definition) is 1. The van der Waals surface area contributed by atoms with Crippen molar-refractivity contribution in [2.75, 3.05) is 24.2 Å². The van der Waals surface area contributed by atoms with E-state index in [2.05, 4.69) is 30.1 Å². The molecule has 2 aliphatic heterocycles. The number of benzene rings is 1. The topological polar surface area (TPSA) is 54.3 Å². The van der Waals surface area contributed by atoms with Crippen molar-refractivity contribution in [2.24, 2.45) is 5.92 Å². The first kappa shape index (κ1) is 21.1. The maximum atomic E-state index is 12.4. The fraction of sp³-hybridized carbons (Fsp3) is 0.435. The van der Waals surface area contributed by atoms with E-state index >= 15 is 0 Å². The van der Waals surface area contributed by atoms with Crippen LogP contribution in [0, 0.1) is 5.92 Å². The number of likely N-dealkylation sites (tertiary alicyclic amines) is 1. The van der Waals surface area contributed by atoms with E-state index < -0.39 is 0 Å². The Bertz CT molecular complexity index is 1000. The van der Waals surface area contributed by atoms with E-state index in [-0.39, 0.29) is 11.5 Å². The molecule has 1 fully saturated rings. The summed E-state index contributed by atoms with van der Waals surface area (Å²) >= 11 is 7.06. The molecule has 1 saturated heterocycles. The fourth-order valence-corrected chi connectivity index (χ4v) is 5.40. The van der Waals surface area contributed by atoms with Crippen LogP contribution < -0.4 is 10.9 Å². The third-order valence-corrected chi connectivity index (χ3v) is 7.45. The Kier molecular flexibility index (Phi) is 6.29. The molecule has 0 radical (unpaired) electrons. The summed E-state index contributed by atoms with van der Waals surface area (Å²) in [7, 11) is 0. The predicted molar refractivity (Wildman–Crippen MR) is 127 cm³/mol.